The number of ether oxygens (including phenoxy) is 1. The van der Waals surface area contributed by atoms with Gasteiger partial charge in [0.05, 0.1) is 0 Å². The summed E-state index contributed by atoms with van der Waals surface area (Å²) in [4.78, 5) is 22.0. The first kappa shape index (κ1) is 17.1. The zero-order chi connectivity index (χ0) is 14.9. The third-order valence-corrected chi connectivity index (χ3v) is 1.92. The molecule has 1 aromatic carbocycles. The van der Waals surface area contributed by atoms with Crippen LogP contribution in [0.2, 0.25) is 0 Å². The van der Waals surface area contributed by atoms with Crippen LogP contribution in [0.5, 0.6) is 0 Å². The van der Waals surface area contributed by atoms with E-state index < -0.39 is 11.7 Å². The molecule has 19 heavy (non-hydrogen) atoms. The summed E-state index contributed by atoms with van der Waals surface area (Å²) in [5, 5.41) is 9.63. The minimum absolute atomic E-state index is 0.344. The number of amides is 1. The molecule has 0 aliphatic carbocycles. The first-order valence-electron chi connectivity index (χ1n) is 5.86. The van der Waals surface area contributed by atoms with Crippen molar-refractivity contribution < 1.29 is 19.4 Å². The summed E-state index contributed by atoms with van der Waals surface area (Å²) in [7, 11) is 1.00. The second kappa shape index (κ2) is 8.26. The van der Waals surface area contributed by atoms with E-state index in [-0.39, 0.29) is 0 Å². The summed E-state index contributed by atoms with van der Waals surface area (Å²) in [5.74, 6) is 0. The fourth-order valence-corrected chi connectivity index (χ4v) is 1.26. The van der Waals surface area contributed by atoms with Crippen molar-refractivity contribution in [3.63, 3.8) is 0 Å². The van der Waals surface area contributed by atoms with Crippen molar-refractivity contribution >= 4 is 12.4 Å². The van der Waals surface area contributed by atoms with Crippen LogP contribution in [0.1, 0.15) is 36.7 Å². The molecule has 0 atom stereocenters. The summed E-state index contributed by atoms with van der Waals surface area (Å²) >= 11 is 0. The number of alkyl carbamates (subject to hydrolysis) is 1. The number of benzene rings is 1. The van der Waals surface area contributed by atoms with E-state index in [0.29, 0.717) is 12.1 Å². The molecule has 0 unspecified atom stereocenters. The Bertz CT molecular complexity index is 410. The van der Waals surface area contributed by atoms with E-state index in [1.54, 1.807) is 39.0 Å². The van der Waals surface area contributed by atoms with Crippen molar-refractivity contribution in [3.05, 3.63) is 35.4 Å². The van der Waals surface area contributed by atoms with Crippen molar-refractivity contribution in [2.75, 3.05) is 7.11 Å². The van der Waals surface area contributed by atoms with E-state index in [9.17, 15) is 9.59 Å². The fourth-order valence-electron chi connectivity index (χ4n) is 1.26. The van der Waals surface area contributed by atoms with Gasteiger partial charge in [-0.25, -0.2) is 4.79 Å². The molecule has 0 heterocycles. The van der Waals surface area contributed by atoms with Crippen LogP contribution in [0.3, 0.4) is 0 Å². The van der Waals surface area contributed by atoms with Crippen LogP contribution in [0.15, 0.2) is 24.3 Å². The first-order valence-corrected chi connectivity index (χ1v) is 5.86. The molecule has 0 saturated carbocycles. The van der Waals surface area contributed by atoms with E-state index >= 15 is 0 Å². The van der Waals surface area contributed by atoms with Gasteiger partial charge in [0, 0.05) is 19.2 Å². The van der Waals surface area contributed by atoms with Crippen molar-refractivity contribution in [2.45, 2.75) is 32.9 Å². The molecule has 0 fully saturated rings. The van der Waals surface area contributed by atoms with Crippen LogP contribution in [0, 0.1) is 0 Å². The lowest BCUT2D eigenvalue weighted by atomic mass is 10.1. The molecule has 1 rings (SSSR count). The Labute approximate surface area is 113 Å². The van der Waals surface area contributed by atoms with E-state index in [4.69, 9.17) is 9.84 Å². The summed E-state index contributed by atoms with van der Waals surface area (Å²) in [6.45, 7) is 5.76. The fraction of sp³-hybridized carbons (Fsp3) is 0.429. The van der Waals surface area contributed by atoms with Gasteiger partial charge < -0.3 is 15.2 Å². The second-order valence-electron chi connectivity index (χ2n) is 4.72. The number of hydrogen-bond acceptors (Lipinski definition) is 4. The maximum absolute atomic E-state index is 11.4. The lowest BCUT2D eigenvalue weighted by Gasteiger charge is -2.19. The van der Waals surface area contributed by atoms with E-state index in [1.165, 1.54) is 0 Å². The molecule has 1 amide bonds. The van der Waals surface area contributed by atoms with E-state index in [1.807, 2.05) is 6.07 Å². The molecular formula is C14H21NO4. The van der Waals surface area contributed by atoms with Crippen LogP contribution in [-0.4, -0.2) is 30.2 Å². The molecule has 0 aromatic heterocycles. The number of nitrogens with one attached hydrogen (secondary N) is 1. The molecule has 0 aliphatic rings. The van der Waals surface area contributed by atoms with Gasteiger partial charge in [-0.2, -0.15) is 0 Å². The predicted molar refractivity (Wildman–Crippen MR) is 73.0 cm³/mol. The van der Waals surface area contributed by atoms with Gasteiger partial charge in [0.2, 0.25) is 0 Å². The lowest BCUT2D eigenvalue weighted by Crippen LogP contribution is -2.32. The van der Waals surface area contributed by atoms with Gasteiger partial charge in [0.1, 0.15) is 11.9 Å². The Morgan fingerprint density at radius 2 is 2.00 bits per heavy atom. The van der Waals surface area contributed by atoms with E-state index in [2.05, 4.69) is 5.32 Å². The third-order valence-electron chi connectivity index (χ3n) is 1.92. The van der Waals surface area contributed by atoms with E-state index in [0.717, 1.165) is 19.0 Å². The van der Waals surface area contributed by atoms with Gasteiger partial charge in [-0.05, 0) is 32.4 Å². The van der Waals surface area contributed by atoms with Gasteiger partial charge in [-0.3, -0.25) is 4.79 Å². The molecule has 0 bridgehead atoms. The maximum atomic E-state index is 11.4. The lowest BCUT2D eigenvalue weighted by molar-refractivity contribution is 0.0523. The summed E-state index contributed by atoms with van der Waals surface area (Å²) in [6.07, 6.45) is 0.311. The SMILES string of the molecule is CC(C)(C)OC(=O)NCc1cccc(C=O)c1.CO. The highest BCUT2D eigenvalue weighted by atomic mass is 16.6. The average Bonchev–Trinajstić information content (AvgIpc) is 2.37. The highest BCUT2D eigenvalue weighted by Crippen LogP contribution is 2.07. The number of carbonyl (C=O) groups is 2. The van der Waals surface area contributed by atoms with Gasteiger partial charge in [-0.15, -0.1) is 0 Å². The normalized spacial score (nSPS) is 9.95. The first-order chi connectivity index (χ1) is 8.90. The zero-order valence-corrected chi connectivity index (χ0v) is 11.8. The molecule has 5 nitrogen and oxygen atoms in total. The minimum atomic E-state index is -0.505. The van der Waals surface area contributed by atoms with Gasteiger partial charge in [0.25, 0.3) is 0 Å². The van der Waals surface area contributed by atoms with Crippen molar-refractivity contribution in [3.8, 4) is 0 Å². The molecule has 106 valence electrons. The monoisotopic (exact) mass is 267 g/mol. The van der Waals surface area contributed by atoms with Crippen molar-refractivity contribution in [1.82, 2.24) is 5.32 Å². The van der Waals surface area contributed by atoms with Crippen LogP contribution < -0.4 is 5.32 Å². The Morgan fingerprint density at radius 3 is 2.53 bits per heavy atom. The average molecular weight is 267 g/mol. The van der Waals surface area contributed by atoms with Crippen molar-refractivity contribution in [1.29, 1.82) is 0 Å². The number of aliphatic hydroxyl groups excluding tert-OH is 1. The molecule has 2 N–H and O–H groups in total. The summed E-state index contributed by atoms with van der Waals surface area (Å²) < 4.78 is 5.10. The van der Waals surface area contributed by atoms with Gasteiger partial charge in [0.15, 0.2) is 0 Å². The number of aliphatic hydroxyl groups is 1. The third kappa shape index (κ3) is 7.94. The summed E-state index contributed by atoms with van der Waals surface area (Å²) in [5.41, 5.74) is 0.947. The maximum Gasteiger partial charge on any atom is 0.407 e. The Hall–Kier alpha value is -1.88. The molecule has 1 aromatic rings. The predicted octanol–water partition coefficient (Wildman–Crippen LogP) is 2.13. The standard InChI is InChI=1S/C13H17NO3.CH4O/c1-13(2,3)17-12(16)14-8-10-5-4-6-11(7-10)9-15;1-2/h4-7,9H,8H2,1-3H3,(H,14,16);2H,1H3. The number of hydrogen-bond donors (Lipinski definition) is 2. The number of aldehydes is 1. The highest BCUT2D eigenvalue weighted by Gasteiger charge is 2.15. The smallest absolute Gasteiger partial charge is 0.407 e. The Morgan fingerprint density at radius 1 is 1.37 bits per heavy atom. The Balaban J connectivity index is 0.00000154. The number of rotatable bonds is 3. The molecule has 0 saturated heterocycles. The highest BCUT2D eigenvalue weighted by molar-refractivity contribution is 5.75. The Kier molecular flexibility index (Phi) is 7.44. The zero-order valence-electron chi connectivity index (χ0n) is 11.8. The minimum Gasteiger partial charge on any atom is -0.444 e. The van der Waals surface area contributed by atoms with Crippen LogP contribution in [-0.2, 0) is 11.3 Å². The van der Waals surface area contributed by atoms with Crippen LogP contribution in [0.25, 0.3) is 0 Å². The van der Waals surface area contributed by atoms with Gasteiger partial charge >= 0.3 is 6.09 Å². The number of carbonyl (C=O) groups excluding carboxylic acids is 2. The molecular weight excluding hydrogens is 246 g/mol. The van der Waals surface area contributed by atoms with Crippen LogP contribution in [0.4, 0.5) is 4.79 Å². The molecule has 0 spiro atoms. The molecule has 0 radical (unpaired) electrons. The quantitative estimate of drug-likeness (QED) is 0.823. The van der Waals surface area contributed by atoms with Crippen molar-refractivity contribution in [2.24, 2.45) is 0 Å². The van der Waals surface area contributed by atoms with Gasteiger partial charge in [-0.1, -0.05) is 18.2 Å². The molecule has 5 heteroatoms. The largest absolute Gasteiger partial charge is 0.444 e. The topological polar surface area (TPSA) is 75.6 Å². The van der Waals surface area contributed by atoms with Crippen LogP contribution >= 0.6 is 0 Å². The second-order valence-corrected chi connectivity index (χ2v) is 4.72. The summed E-state index contributed by atoms with van der Waals surface area (Å²) in [6, 6.07) is 7.05. The molecule has 0 aliphatic heterocycles.